The van der Waals surface area contributed by atoms with Crippen molar-refractivity contribution in [2.24, 2.45) is 0 Å². The van der Waals surface area contributed by atoms with E-state index in [0.717, 1.165) is 19.7 Å². The van der Waals surface area contributed by atoms with Gasteiger partial charge in [-0.2, -0.15) is 0 Å². The number of hydrogen-bond donors (Lipinski definition) is 1. The Balaban J connectivity index is 2.01. The summed E-state index contributed by atoms with van der Waals surface area (Å²) >= 11 is 0. The molecule has 3 nitrogen and oxygen atoms in total. The second-order valence-electron chi connectivity index (χ2n) is 6.28. The van der Waals surface area contributed by atoms with Gasteiger partial charge in [-0.3, -0.25) is 4.90 Å². The quantitative estimate of drug-likeness (QED) is 0.871. The van der Waals surface area contributed by atoms with Crippen LogP contribution in [-0.2, 0) is 11.2 Å². The van der Waals surface area contributed by atoms with Gasteiger partial charge in [-0.15, -0.1) is 0 Å². The summed E-state index contributed by atoms with van der Waals surface area (Å²) in [6, 6.07) is 9.98. The minimum atomic E-state index is 0.339. The van der Waals surface area contributed by atoms with E-state index in [2.05, 4.69) is 62.3 Å². The predicted octanol–water partition coefficient (Wildman–Crippen LogP) is 3.01. The average molecular weight is 290 g/mol. The summed E-state index contributed by atoms with van der Waals surface area (Å²) in [5.74, 6) is 0. The van der Waals surface area contributed by atoms with Crippen LogP contribution in [0.3, 0.4) is 0 Å². The third-order valence-electron chi connectivity index (χ3n) is 4.42. The summed E-state index contributed by atoms with van der Waals surface area (Å²) in [6.45, 7) is 9.54. The van der Waals surface area contributed by atoms with E-state index in [9.17, 15) is 0 Å². The summed E-state index contributed by atoms with van der Waals surface area (Å²) in [6.07, 6.45) is 2.71. The van der Waals surface area contributed by atoms with Gasteiger partial charge >= 0.3 is 0 Å². The van der Waals surface area contributed by atoms with Gasteiger partial charge in [-0.05, 0) is 38.4 Å². The maximum absolute atomic E-state index is 5.72. The highest BCUT2D eigenvalue weighted by atomic mass is 16.5. The summed E-state index contributed by atoms with van der Waals surface area (Å²) < 4.78 is 5.72. The first kappa shape index (κ1) is 16.5. The highest BCUT2D eigenvalue weighted by Crippen LogP contribution is 2.19. The zero-order chi connectivity index (χ0) is 15.2. The molecule has 1 N–H and O–H groups in total. The number of benzene rings is 1. The lowest BCUT2D eigenvalue weighted by molar-refractivity contribution is -0.0519. The van der Waals surface area contributed by atoms with Crippen LogP contribution in [0, 0.1) is 0 Å². The molecule has 3 unspecified atom stereocenters. The maximum atomic E-state index is 5.72. The molecule has 0 amide bonds. The number of likely N-dealkylation sites (N-methyl/N-ethyl adjacent to an activating group) is 1. The standard InChI is InChI=1S/C18H30N2O/c1-5-6-16-7-9-17(10-8-16)18(19-4)12-20-11-15(3)21-13-14(20)2/h7-10,14-15,18-19H,5-6,11-13H2,1-4H3. The van der Waals surface area contributed by atoms with E-state index < -0.39 is 0 Å². The first-order chi connectivity index (χ1) is 10.1. The van der Waals surface area contributed by atoms with Gasteiger partial charge in [0.1, 0.15) is 0 Å². The Morgan fingerprint density at radius 2 is 2.00 bits per heavy atom. The molecule has 1 heterocycles. The molecule has 3 heteroatoms. The molecule has 21 heavy (non-hydrogen) atoms. The van der Waals surface area contributed by atoms with E-state index in [1.54, 1.807) is 0 Å². The Morgan fingerprint density at radius 1 is 1.29 bits per heavy atom. The van der Waals surface area contributed by atoms with Gasteiger partial charge in [0, 0.05) is 25.2 Å². The van der Waals surface area contributed by atoms with Crippen LogP contribution in [-0.4, -0.2) is 43.8 Å². The molecule has 2 rings (SSSR count). The molecule has 0 aliphatic carbocycles. The third-order valence-corrected chi connectivity index (χ3v) is 4.42. The van der Waals surface area contributed by atoms with Gasteiger partial charge < -0.3 is 10.1 Å². The zero-order valence-corrected chi connectivity index (χ0v) is 13.9. The topological polar surface area (TPSA) is 24.5 Å². The first-order valence-corrected chi connectivity index (χ1v) is 8.25. The van der Waals surface area contributed by atoms with Crippen molar-refractivity contribution in [2.45, 2.75) is 51.8 Å². The van der Waals surface area contributed by atoms with Gasteiger partial charge in [0.05, 0.1) is 12.7 Å². The van der Waals surface area contributed by atoms with Crippen LogP contribution >= 0.6 is 0 Å². The van der Waals surface area contributed by atoms with Crippen LogP contribution in [0.5, 0.6) is 0 Å². The van der Waals surface area contributed by atoms with Crippen LogP contribution in [0.15, 0.2) is 24.3 Å². The number of rotatable bonds is 6. The molecule has 1 fully saturated rings. The van der Waals surface area contributed by atoms with E-state index in [0.29, 0.717) is 18.2 Å². The van der Waals surface area contributed by atoms with Crippen molar-refractivity contribution in [1.82, 2.24) is 10.2 Å². The molecule has 1 aliphatic rings. The molecule has 1 saturated heterocycles. The molecule has 1 aromatic carbocycles. The van der Waals surface area contributed by atoms with Crippen molar-refractivity contribution in [3.05, 3.63) is 35.4 Å². The van der Waals surface area contributed by atoms with Crippen LogP contribution in [0.1, 0.15) is 44.4 Å². The average Bonchev–Trinajstić information content (AvgIpc) is 2.49. The van der Waals surface area contributed by atoms with Crippen molar-refractivity contribution in [1.29, 1.82) is 0 Å². The van der Waals surface area contributed by atoms with Gasteiger partial charge in [0.25, 0.3) is 0 Å². The lowest BCUT2D eigenvalue weighted by Gasteiger charge is -2.38. The molecule has 0 bridgehead atoms. The fraction of sp³-hybridized carbons (Fsp3) is 0.667. The van der Waals surface area contributed by atoms with E-state index >= 15 is 0 Å². The molecule has 0 saturated carbocycles. The molecular formula is C18H30N2O. The van der Waals surface area contributed by atoms with Crippen molar-refractivity contribution in [2.75, 3.05) is 26.7 Å². The van der Waals surface area contributed by atoms with Gasteiger partial charge in [0.2, 0.25) is 0 Å². The number of ether oxygens (including phenoxy) is 1. The Morgan fingerprint density at radius 3 is 2.62 bits per heavy atom. The van der Waals surface area contributed by atoms with Crippen LogP contribution in [0.2, 0.25) is 0 Å². The Hall–Kier alpha value is -0.900. The Kier molecular flexibility index (Phi) is 6.22. The van der Waals surface area contributed by atoms with Crippen molar-refractivity contribution in [3.8, 4) is 0 Å². The monoisotopic (exact) mass is 290 g/mol. The molecule has 0 aromatic heterocycles. The zero-order valence-electron chi connectivity index (χ0n) is 13.9. The molecular weight excluding hydrogens is 260 g/mol. The molecule has 1 aliphatic heterocycles. The second-order valence-corrected chi connectivity index (χ2v) is 6.28. The highest BCUT2D eigenvalue weighted by Gasteiger charge is 2.25. The van der Waals surface area contributed by atoms with E-state index in [-0.39, 0.29) is 0 Å². The van der Waals surface area contributed by atoms with E-state index in [4.69, 9.17) is 4.74 Å². The minimum absolute atomic E-state index is 0.339. The Labute approximate surface area is 129 Å². The Bertz CT molecular complexity index is 418. The molecule has 3 atom stereocenters. The lowest BCUT2D eigenvalue weighted by Crippen LogP contribution is -2.49. The molecule has 1 aromatic rings. The second kappa shape index (κ2) is 7.92. The molecule has 0 spiro atoms. The van der Waals surface area contributed by atoms with Crippen LogP contribution in [0.25, 0.3) is 0 Å². The van der Waals surface area contributed by atoms with Crippen LogP contribution in [0.4, 0.5) is 0 Å². The summed E-state index contributed by atoms with van der Waals surface area (Å²) in [5, 5.41) is 3.47. The fourth-order valence-electron chi connectivity index (χ4n) is 3.03. The minimum Gasteiger partial charge on any atom is -0.376 e. The van der Waals surface area contributed by atoms with Crippen LogP contribution < -0.4 is 5.32 Å². The summed E-state index contributed by atoms with van der Waals surface area (Å²) in [4.78, 5) is 2.54. The third kappa shape index (κ3) is 4.53. The largest absolute Gasteiger partial charge is 0.376 e. The molecule has 0 radical (unpaired) electrons. The van der Waals surface area contributed by atoms with E-state index in [1.807, 2.05) is 0 Å². The van der Waals surface area contributed by atoms with Gasteiger partial charge in [-0.25, -0.2) is 0 Å². The summed E-state index contributed by atoms with van der Waals surface area (Å²) in [5.41, 5.74) is 2.81. The number of hydrogen-bond acceptors (Lipinski definition) is 3. The SMILES string of the molecule is CCCc1ccc(C(CN2CC(C)OCC2C)NC)cc1. The molecule has 118 valence electrons. The van der Waals surface area contributed by atoms with Crippen molar-refractivity contribution in [3.63, 3.8) is 0 Å². The smallest absolute Gasteiger partial charge is 0.0674 e. The van der Waals surface area contributed by atoms with Gasteiger partial charge in [-0.1, -0.05) is 37.6 Å². The number of nitrogens with one attached hydrogen (secondary N) is 1. The van der Waals surface area contributed by atoms with Crippen molar-refractivity contribution >= 4 is 0 Å². The fourth-order valence-corrected chi connectivity index (χ4v) is 3.03. The lowest BCUT2D eigenvalue weighted by atomic mass is 10.0. The number of nitrogens with zero attached hydrogens (tertiary/aromatic N) is 1. The number of aryl methyl sites for hydroxylation is 1. The highest BCUT2D eigenvalue weighted by molar-refractivity contribution is 5.25. The number of morpholine rings is 1. The van der Waals surface area contributed by atoms with E-state index in [1.165, 1.54) is 24.0 Å². The van der Waals surface area contributed by atoms with Gasteiger partial charge in [0.15, 0.2) is 0 Å². The summed E-state index contributed by atoms with van der Waals surface area (Å²) in [7, 11) is 2.05. The first-order valence-electron chi connectivity index (χ1n) is 8.25. The van der Waals surface area contributed by atoms with Crippen molar-refractivity contribution < 1.29 is 4.74 Å². The maximum Gasteiger partial charge on any atom is 0.0674 e. The predicted molar refractivity (Wildman–Crippen MR) is 88.7 cm³/mol. The normalized spacial score (nSPS) is 25.0.